The smallest absolute Gasteiger partial charge is 0.310 e. The molecule has 7 aliphatic rings. The molecule has 0 heterocycles. The molecule has 0 N–H and O–H groups in total. The van der Waals surface area contributed by atoms with Gasteiger partial charge in [-0.2, -0.15) is 0 Å². The number of rotatable bonds is 41. The number of hydrogen-bond donors (Lipinski definition) is 0. The van der Waals surface area contributed by atoms with Crippen LogP contribution in [0.4, 0.5) is 0 Å². The maximum absolute atomic E-state index is 12.2. The van der Waals surface area contributed by atoms with Crippen molar-refractivity contribution in [3.8, 4) is 0 Å². The molecule has 0 saturated heterocycles. The Bertz CT molecular complexity index is 2980. The van der Waals surface area contributed by atoms with Gasteiger partial charge < -0.3 is 66.3 Å². The van der Waals surface area contributed by atoms with E-state index in [1.54, 1.807) is 0 Å². The Morgan fingerprint density at radius 1 is 0.283 bits per heavy atom. The lowest BCUT2D eigenvalue weighted by molar-refractivity contribution is -0.224. The maximum Gasteiger partial charge on any atom is 0.310 e. The van der Waals surface area contributed by atoms with Gasteiger partial charge in [0, 0.05) is 41.9 Å². The van der Waals surface area contributed by atoms with Crippen LogP contribution < -0.4 is 0 Å². The molecule has 7 saturated carbocycles. The van der Waals surface area contributed by atoms with Crippen LogP contribution in [0.3, 0.4) is 0 Å². The molecule has 21 heteroatoms. The SMILES string of the molecule is C.C.C.C.C.C.C.CCC(C)C(=O)OC(CC(C)(C)C)OC(C)C.CCC(C)C(=O)OC(CC(C)(C)C)OC1CCCCC1.CCC(C)C(=O)OC(OC(C)C)C(C)C.CCC(C)C(=O)OC(OC1CCCCC1)C(C)(C)C.CCC(C)C(=O)OC(OC1CCCCC1)C(C)C.CCC(C)C(=O)OC(OC1CCCCC1)C1CCCCC1.CCC(C)C(=O)OC(OCC(C)(C)C)C1CC2CCC1C2. The molecule has 0 radical (unpaired) electrons. The zero-order chi connectivity index (χ0) is 99.5. The molecule has 0 aromatic carbocycles. The molecule has 17 unspecified atom stereocenters. The summed E-state index contributed by atoms with van der Waals surface area (Å²) in [5, 5.41) is 0. The summed E-state index contributed by atoms with van der Waals surface area (Å²) in [4.78, 5) is 83.5. The highest BCUT2D eigenvalue weighted by Gasteiger charge is 2.46. The molecule has 0 aromatic rings. The highest BCUT2D eigenvalue weighted by atomic mass is 16.7. The molecule has 0 aliphatic heterocycles. The van der Waals surface area contributed by atoms with E-state index >= 15 is 0 Å². The minimum absolute atomic E-state index is 0. The molecule has 21 nitrogen and oxygen atoms in total. The molecule has 7 aliphatic carbocycles. The molecular formula is C117H234O21. The van der Waals surface area contributed by atoms with E-state index in [1.165, 1.54) is 122 Å². The number of carbonyl (C=O) groups is 7. The summed E-state index contributed by atoms with van der Waals surface area (Å²) in [7, 11) is 0. The molecule has 7 fully saturated rings. The van der Waals surface area contributed by atoms with Gasteiger partial charge in [-0.3, -0.25) is 33.6 Å². The first kappa shape index (κ1) is 147. The Kier molecular flexibility index (Phi) is 83.4. The van der Waals surface area contributed by atoms with Gasteiger partial charge in [0.2, 0.25) is 44.0 Å². The second kappa shape index (κ2) is 78.3. The summed E-state index contributed by atoms with van der Waals surface area (Å²) in [6.07, 6.45) is 40.8. The van der Waals surface area contributed by atoms with Crippen molar-refractivity contribution in [1.29, 1.82) is 0 Å². The molecule has 828 valence electrons. The van der Waals surface area contributed by atoms with Crippen LogP contribution in [0, 0.1) is 98.6 Å². The van der Waals surface area contributed by atoms with Crippen LogP contribution in [-0.2, 0) is 99.9 Å². The lowest BCUT2D eigenvalue weighted by Crippen LogP contribution is -2.39. The van der Waals surface area contributed by atoms with E-state index in [9.17, 15) is 33.6 Å². The van der Waals surface area contributed by atoms with Gasteiger partial charge in [-0.05, 0) is 184 Å². The van der Waals surface area contributed by atoms with Crippen molar-refractivity contribution in [2.75, 3.05) is 6.61 Å². The van der Waals surface area contributed by atoms with Crippen LogP contribution >= 0.6 is 0 Å². The lowest BCUT2D eigenvalue weighted by Gasteiger charge is -2.35. The maximum atomic E-state index is 12.2. The predicted molar refractivity (Wildman–Crippen MR) is 575 cm³/mol. The third-order valence-corrected chi connectivity index (χ3v) is 26.3. The first-order valence-electron chi connectivity index (χ1n) is 53.2. The summed E-state index contributed by atoms with van der Waals surface area (Å²) in [5.41, 5.74) is 0.0869. The molecular weight excluding hydrogens is 1740 g/mol. The van der Waals surface area contributed by atoms with Crippen molar-refractivity contribution in [1.82, 2.24) is 0 Å². The molecule has 138 heavy (non-hydrogen) atoms. The Labute approximate surface area is 854 Å². The van der Waals surface area contributed by atoms with Gasteiger partial charge in [-0.15, -0.1) is 0 Å². The zero-order valence-corrected chi connectivity index (χ0v) is 90.7. The van der Waals surface area contributed by atoms with Crippen LogP contribution in [0.15, 0.2) is 0 Å². The molecule has 0 amide bonds. The second-order valence-corrected chi connectivity index (χ2v) is 45.8. The largest absolute Gasteiger partial charge is 0.436 e. The van der Waals surface area contributed by atoms with Crippen LogP contribution in [-0.4, -0.2) is 129 Å². The average Bonchev–Trinajstić information content (AvgIpc) is 1.65. The minimum Gasteiger partial charge on any atom is -0.436 e. The predicted octanol–water partition coefficient (Wildman–Crippen LogP) is 33.3. The number of fused-ring (bicyclic) bond motifs is 2. The van der Waals surface area contributed by atoms with Gasteiger partial charge in [0.1, 0.15) is 0 Å². The first-order chi connectivity index (χ1) is 61.2. The van der Waals surface area contributed by atoms with Crippen molar-refractivity contribution in [2.45, 2.75) is 612 Å². The monoisotopic (exact) mass is 1980 g/mol. The number of esters is 7. The fourth-order valence-corrected chi connectivity index (χ4v) is 16.1. The topological polar surface area (TPSA) is 249 Å². The van der Waals surface area contributed by atoms with Crippen LogP contribution in [0.25, 0.3) is 0 Å². The molecule has 0 aromatic heterocycles. The van der Waals surface area contributed by atoms with E-state index in [1.807, 2.05) is 152 Å². The normalized spacial score (nSPS) is 20.6. The van der Waals surface area contributed by atoms with E-state index in [-0.39, 0.29) is 224 Å². The third-order valence-electron chi connectivity index (χ3n) is 26.3. The van der Waals surface area contributed by atoms with Crippen LogP contribution in [0.2, 0.25) is 0 Å². The van der Waals surface area contributed by atoms with Gasteiger partial charge in [0.15, 0.2) is 0 Å². The van der Waals surface area contributed by atoms with Crippen molar-refractivity contribution in [2.24, 2.45) is 98.6 Å². The van der Waals surface area contributed by atoms with Gasteiger partial charge in [0.05, 0.1) is 84.7 Å². The minimum atomic E-state index is -0.434. The number of ether oxygens (including phenoxy) is 14. The number of hydrogen-bond acceptors (Lipinski definition) is 21. The van der Waals surface area contributed by atoms with Crippen LogP contribution in [0.5, 0.6) is 0 Å². The van der Waals surface area contributed by atoms with Crippen molar-refractivity contribution < 1.29 is 99.9 Å². The highest BCUT2D eigenvalue weighted by Crippen LogP contribution is 2.51. The molecule has 7 rings (SSSR count). The van der Waals surface area contributed by atoms with Gasteiger partial charge in [-0.25, -0.2) is 0 Å². The summed E-state index contributed by atoms with van der Waals surface area (Å²) in [5.74, 6) is 1.52. The van der Waals surface area contributed by atoms with Crippen molar-refractivity contribution in [3.63, 3.8) is 0 Å². The van der Waals surface area contributed by atoms with Crippen molar-refractivity contribution >= 4 is 41.8 Å². The summed E-state index contributed by atoms with van der Waals surface area (Å²) in [6.45, 7) is 69.3. The standard InChI is InChI=1S/2C18H32O3.C17H32O3.C16H30O3.C15H28O3.C14H28O3.C12H24O3.7CH4/c1-6-12(2)16(19)21-17(20-11-18(3,4)5)15-10-13-7-8-14(15)9-13;1-3-14(2)17(19)21-18(15-10-6-4-7-11-15)20-16-12-8-5-9-13-16;1-6-13(2)16(18)20-15(12-17(3,4)5)19-14-10-8-7-9-11-14;1-6-12(2)14(17)19-15(16(3,4)5)18-13-10-8-7-9-11-13;1-5-12(4)14(16)18-15(11(2)3)17-13-9-7-6-8-10-13;1-8-11(4)13(15)17-12(16-10(2)3)9-14(5,6)7;1-7-10(6)11(13)15-12(8(2)3)14-9(4)5;;;;;;;/h12-15,17H,6-11H2,1-5H3;14-16,18H,3-13H2,1-2H3;13-15H,6-12H2,1-5H3;12-13,15H,6-11H2,1-5H3;11-13,15H,5-10H2,1-4H3;10-12H,8-9H2,1-7H3;8-10,12H,7H2,1-6H3;7*1H4. The van der Waals surface area contributed by atoms with E-state index < -0.39 is 18.9 Å². The first-order valence-corrected chi connectivity index (χ1v) is 53.2. The average molecular weight is 1980 g/mol. The lowest BCUT2D eigenvalue weighted by atomic mass is 9.88. The summed E-state index contributed by atoms with van der Waals surface area (Å²) < 4.78 is 80.7. The van der Waals surface area contributed by atoms with Crippen molar-refractivity contribution in [3.05, 3.63) is 0 Å². The Morgan fingerprint density at radius 2 is 0.580 bits per heavy atom. The van der Waals surface area contributed by atoms with Gasteiger partial charge in [-0.1, -0.05) is 362 Å². The van der Waals surface area contributed by atoms with E-state index in [0.29, 0.717) is 36.9 Å². The van der Waals surface area contributed by atoms with Gasteiger partial charge in [0.25, 0.3) is 0 Å². The molecule has 17 atom stereocenters. The zero-order valence-electron chi connectivity index (χ0n) is 90.7. The quantitative estimate of drug-likeness (QED) is 0.0313. The van der Waals surface area contributed by atoms with E-state index in [2.05, 4.69) is 83.1 Å². The Morgan fingerprint density at radius 3 is 0.891 bits per heavy atom. The van der Waals surface area contributed by atoms with Crippen LogP contribution in [0.1, 0.15) is 531 Å². The Hall–Kier alpha value is -3.99. The highest BCUT2D eigenvalue weighted by molar-refractivity contribution is 5.74. The molecule has 0 spiro atoms. The molecule has 2 bridgehead atoms. The third kappa shape index (κ3) is 66.2. The summed E-state index contributed by atoms with van der Waals surface area (Å²) in [6, 6.07) is 0. The van der Waals surface area contributed by atoms with E-state index in [4.69, 9.17) is 66.3 Å². The Balaban J connectivity index is -0.000000289. The van der Waals surface area contributed by atoms with E-state index in [0.717, 1.165) is 121 Å². The summed E-state index contributed by atoms with van der Waals surface area (Å²) >= 11 is 0. The number of carbonyl (C=O) groups excluding carboxylic acids is 7. The van der Waals surface area contributed by atoms with Gasteiger partial charge >= 0.3 is 41.8 Å². The fraction of sp³-hybridized carbons (Fsp3) is 0.940. The fourth-order valence-electron chi connectivity index (χ4n) is 16.1. The second-order valence-electron chi connectivity index (χ2n) is 45.8.